The fourth-order valence-electron chi connectivity index (χ4n) is 5.76. The molecule has 1 aromatic rings. The Balaban J connectivity index is 1.65. The fraction of sp³-hybridized carbons (Fsp3) is 0.767. The van der Waals surface area contributed by atoms with Crippen LogP contribution in [0.3, 0.4) is 0 Å². The molecule has 0 aromatic heterocycles. The smallest absolute Gasteiger partial charge is 0.223 e. The molecule has 0 aliphatic heterocycles. The van der Waals surface area contributed by atoms with Crippen molar-refractivity contribution >= 4 is 5.91 Å². The number of carbonyl (C=O) groups excluding carboxylic acids is 1. The number of benzene rings is 1. The molecule has 204 valence electrons. The lowest BCUT2D eigenvalue weighted by atomic mass is 9.82. The Kier molecular flexibility index (Phi) is 11.7. The van der Waals surface area contributed by atoms with Crippen molar-refractivity contribution in [3.8, 4) is 0 Å². The van der Waals surface area contributed by atoms with E-state index in [4.69, 9.17) is 0 Å². The van der Waals surface area contributed by atoms with E-state index in [2.05, 4.69) is 5.32 Å². The van der Waals surface area contributed by atoms with Crippen LogP contribution in [0.2, 0.25) is 0 Å². The van der Waals surface area contributed by atoms with Gasteiger partial charge in [-0.15, -0.1) is 0 Å². The minimum absolute atomic E-state index is 0.176. The number of aliphatic hydroxyl groups is 4. The van der Waals surface area contributed by atoms with Gasteiger partial charge in [0, 0.05) is 12.3 Å². The average Bonchev–Trinajstić information content (AvgIpc) is 3.67. The monoisotopic (exact) mass is 503 g/mol. The van der Waals surface area contributed by atoms with Crippen LogP contribution < -0.4 is 5.32 Å². The molecule has 2 saturated carbocycles. The topological polar surface area (TPSA) is 110 Å². The molecule has 0 saturated heterocycles. The van der Waals surface area contributed by atoms with E-state index >= 15 is 0 Å². The second-order valence-corrected chi connectivity index (χ2v) is 12.0. The highest BCUT2D eigenvalue weighted by Gasteiger charge is 2.36. The first-order valence-electron chi connectivity index (χ1n) is 14.3. The number of hydrogen-bond donors (Lipinski definition) is 5. The molecule has 6 atom stereocenters. The minimum Gasteiger partial charge on any atom is -0.390 e. The van der Waals surface area contributed by atoms with Gasteiger partial charge in [0.25, 0.3) is 0 Å². The SMILES string of the molecule is CC(C)C[C@H](O)[C@H](O)[C@H](CC1CCCCC1)NC(=O)[C@H](CC1CC1)C[C@H](O)[C@@H](O)Cc1ccccc1. The maximum Gasteiger partial charge on any atom is 0.223 e. The van der Waals surface area contributed by atoms with Crippen LogP contribution in [-0.4, -0.2) is 56.8 Å². The third-order valence-electron chi connectivity index (χ3n) is 8.10. The molecule has 36 heavy (non-hydrogen) atoms. The van der Waals surface area contributed by atoms with Gasteiger partial charge in [-0.1, -0.05) is 89.1 Å². The van der Waals surface area contributed by atoms with Gasteiger partial charge in [0.1, 0.15) is 6.10 Å². The number of hydrogen-bond acceptors (Lipinski definition) is 5. The Labute approximate surface area is 217 Å². The summed E-state index contributed by atoms with van der Waals surface area (Å²) >= 11 is 0. The molecule has 6 heteroatoms. The van der Waals surface area contributed by atoms with Gasteiger partial charge in [0.2, 0.25) is 5.91 Å². The van der Waals surface area contributed by atoms with Crippen LogP contribution in [0.25, 0.3) is 0 Å². The van der Waals surface area contributed by atoms with Gasteiger partial charge >= 0.3 is 0 Å². The van der Waals surface area contributed by atoms with Crippen molar-refractivity contribution in [3.63, 3.8) is 0 Å². The quantitative estimate of drug-likeness (QED) is 0.249. The summed E-state index contributed by atoms with van der Waals surface area (Å²) in [6.45, 7) is 4.02. The summed E-state index contributed by atoms with van der Waals surface area (Å²) in [6, 6.07) is 9.06. The summed E-state index contributed by atoms with van der Waals surface area (Å²) in [7, 11) is 0. The van der Waals surface area contributed by atoms with Gasteiger partial charge in [-0.05, 0) is 49.0 Å². The maximum atomic E-state index is 13.5. The Morgan fingerprint density at radius 3 is 2.08 bits per heavy atom. The molecule has 0 unspecified atom stereocenters. The predicted octanol–water partition coefficient (Wildman–Crippen LogP) is 3.98. The maximum absolute atomic E-state index is 13.5. The molecule has 2 aliphatic carbocycles. The molecule has 2 aliphatic rings. The lowest BCUT2D eigenvalue weighted by Crippen LogP contribution is -2.51. The predicted molar refractivity (Wildman–Crippen MR) is 142 cm³/mol. The normalized spacial score (nSPS) is 22.0. The number of aliphatic hydroxyl groups excluding tert-OH is 4. The molecule has 1 aromatic carbocycles. The van der Waals surface area contributed by atoms with E-state index in [1.165, 1.54) is 19.3 Å². The molecule has 1 amide bonds. The highest BCUT2D eigenvalue weighted by atomic mass is 16.3. The van der Waals surface area contributed by atoms with Crippen LogP contribution >= 0.6 is 0 Å². The first-order valence-corrected chi connectivity index (χ1v) is 14.3. The summed E-state index contributed by atoms with van der Waals surface area (Å²) in [6.07, 6.45) is 6.44. The van der Waals surface area contributed by atoms with E-state index in [9.17, 15) is 25.2 Å². The minimum atomic E-state index is -1.02. The number of amides is 1. The van der Waals surface area contributed by atoms with E-state index in [0.717, 1.165) is 31.2 Å². The van der Waals surface area contributed by atoms with Crippen LogP contribution in [0.5, 0.6) is 0 Å². The van der Waals surface area contributed by atoms with Crippen molar-refractivity contribution < 1.29 is 25.2 Å². The summed E-state index contributed by atoms with van der Waals surface area (Å²) < 4.78 is 0. The van der Waals surface area contributed by atoms with Crippen LogP contribution in [0.1, 0.15) is 90.0 Å². The molecular formula is C30H49NO5. The van der Waals surface area contributed by atoms with Crippen LogP contribution in [0.4, 0.5) is 0 Å². The van der Waals surface area contributed by atoms with Gasteiger partial charge in [0.05, 0.1) is 24.4 Å². The van der Waals surface area contributed by atoms with Crippen molar-refractivity contribution in [2.45, 2.75) is 121 Å². The van der Waals surface area contributed by atoms with Crippen molar-refractivity contribution in [1.29, 1.82) is 0 Å². The van der Waals surface area contributed by atoms with E-state index in [1.54, 1.807) is 0 Å². The van der Waals surface area contributed by atoms with Gasteiger partial charge in [0.15, 0.2) is 0 Å². The molecular weight excluding hydrogens is 454 g/mol. The average molecular weight is 504 g/mol. The largest absolute Gasteiger partial charge is 0.390 e. The van der Waals surface area contributed by atoms with E-state index < -0.39 is 36.4 Å². The Morgan fingerprint density at radius 2 is 1.47 bits per heavy atom. The van der Waals surface area contributed by atoms with E-state index in [0.29, 0.717) is 37.5 Å². The summed E-state index contributed by atoms with van der Waals surface area (Å²) in [5.74, 6) is 0.549. The Bertz CT molecular complexity index is 762. The summed E-state index contributed by atoms with van der Waals surface area (Å²) in [5.41, 5.74) is 0.946. The first kappa shape index (κ1) is 29.1. The lowest BCUT2D eigenvalue weighted by Gasteiger charge is -2.34. The number of rotatable bonds is 15. The van der Waals surface area contributed by atoms with Crippen LogP contribution in [0, 0.1) is 23.7 Å². The zero-order valence-electron chi connectivity index (χ0n) is 22.3. The van der Waals surface area contributed by atoms with Gasteiger partial charge in [-0.25, -0.2) is 0 Å². The number of nitrogens with one attached hydrogen (secondary N) is 1. The Hall–Kier alpha value is -1.47. The fourth-order valence-corrected chi connectivity index (χ4v) is 5.76. The van der Waals surface area contributed by atoms with Crippen LogP contribution in [0.15, 0.2) is 30.3 Å². The zero-order chi connectivity index (χ0) is 26.1. The van der Waals surface area contributed by atoms with Gasteiger partial charge in [-0.3, -0.25) is 4.79 Å². The van der Waals surface area contributed by atoms with Crippen molar-refractivity contribution in [2.24, 2.45) is 23.7 Å². The van der Waals surface area contributed by atoms with Crippen molar-refractivity contribution in [2.75, 3.05) is 0 Å². The second-order valence-electron chi connectivity index (χ2n) is 12.0. The molecule has 3 rings (SSSR count). The van der Waals surface area contributed by atoms with Crippen LogP contribution in [-0.2, 0) is 11.2 Å². The molecule has 0 bridgehead atoms. The standard InChI is InChI=1S/C30H49NO5/c1-20(2)15-28(34)29(35)25(17-21-9-5-3-6-10-21)31-30(36)24(16-23-13-14-23)19-27(33)26(32)18-22-11-7-4-8-12-22/h4,7-8,11-12,20-21,23-29,32-35H,3,5-6,9-10,13-19H2,1-2H3,(H,31,36)/t24-,25+,26+,27+,28+,29-/m1/s1. The zero-order valence-corrected chi connectivity index (χ0v) is 22.3. The highest BCUT2D eigenvalue weighted by molar-refractivity contribution is 5.79. The lowest BCUT2D eigenvalue weighted by molar-refractivity contribution is -0.130. The Morgan fingerprint density at radius 1 is 0.833 bits per heavy atom. The summed E-state index contributed by atoms with van der Waals surface area (Å²) in [4.78, 5) is 13.5. The van der Waals surface area contributed by atoms with E-state index in [1.807, 2.05) is 44.2 Å². The van der Waals surface area contributed by atoms with E-state index in [-0.39, 0.29) is 18.2 Å². The molecule has 0 heterocycles. The second kappa shape index (κ2) is 14.5. The third kappa shape index (κ3) is 9.77. The first-order chi connectivity index (χ1) is 17.2. The van der Waals surface area contributed by atoms with Gasteiger partial charge in [-0.2, -0.15) is 0 Å². The third-order valence-corrected chi connectivity index (χ3v) is 8.10. The number of carbonyl (C=O) groups is 1. The van der Waals surface area contributed by atoms with Crippen molar-refractivity contribution in [3.05, 3.63) is 35.9 Å². The molecule has 2 fully saturated rings. The molecule has 0 radical (unpaired) electrons. The highest BCUT2D eigenvalue weighted by Crippen LogP contribution is 2.37. The molecule has 6 nitrogen and oxygen atoms in total. The summed E-state index contributed by atoms with van der Waals surface area (Å²) in [5, 5.41) is 46.3. The van der Waals surface area contributed by atoms with Gasteiger partial charge < -0.3 is 25.7 Å². The van der Waals surface area contributed by atoms with Crippen molar-refractivity contribution in [1.82, 2.24) is 5.32 Å². The molecule has 0 spiro atoms. The molecule has 5 N–H and O–H groups in total.